The fourth-order valence-electron chi connectivity index (χ4n) is 4.16. The fourth-order valence-corrected chi connectivity index (χ4v) is 4.16. The van der Waals surface area contributed by atoms with E-state index in [1.165, 1.54) is 23.2 Å². The molecule has 2 amide bonds. The number of aryl methyl sites for hydroxylation is 1. The van der Waals surface area contributed by atoms with Crippen molar-refractivity contribution in [1.29, 1.82) is 0 Å². The molecule has 2 aromatic carbocycles. The number of nitrogens with two attached hydrogens (primary N) is 1. The normalized spacial score (nSPS) is 13.5. The van der Waals surface area contributed by atoms with Gasteiger partial charge in [0.15, 0.2) is 0 Å². The Morgan fingerprint density at radius 3 is 2.59 bits per heavy atom. The van der Waals surface area contributed by atoms with E-state index in [0.29, 0.717) is 28.6 Å². The smallest absolute Gasteiger partial charge is 0.254 e. The van der Waals surface area contributed by atoms with E-state index in [9.17, 15) is 18.4 Å². The molecule has 5 rings (SSSR count). The monoisotopic (exact) mass is 529 g/mol. The van der Waals surface area contributed by atoms with Gasteiger partial charge in [-0.3, -0.25) is 9.59 Å². The molecular formula is C29H25F2N5O3. The van der Waals surface area contributed by atoms with Gasteiger partial charge < -0.3 is 20.4 Å². The summed E-state index contributed by atoms with van der Waals surface area (Å²) in [5.74, 6) is 0.00828. The molecule has 0 unspecified atom stereocenters. The zero-order chi connectivity index (χ0) is 27.5. The van der Waals surface area contributed by atoms with Crippen LogP contribution >= 0.6 is 0 Å². The topological polar surface area (TPSA) is 114 Å². The second-order valence-electron chi connectivity index (χ2n) is 9.23. The molecule has 1 fully saturated rings. The molecule has 1 aliphatic rings. The molecule has 198 valence electrons. The summed E-state index contributed by atoms with van der Waals surface area (Å²) < 4.78 is 33.8. The van der Waals surface area contributed by atoms with Crippen LogP contribution in [0.2, 0.25) is 0 Å². The number of nitrogen functional groups attached to an aromatic ring is 1. The molecular weight excluding hydrogens is 504 g/mol. The number of alkyl halides is 1. The Kier molecular flexibility index (Phi) is 7.18. The van der Waals surface area contributed by atoms with Crippen LogP contribution in [0.1, 0.15) is 27.2 Å². The number of amides is 2. The van der Waals surface area contributed by atoms with Crippen LogP contribution in [0.5, 0.6) is 0 Å². The van der Waals surface area contributed by atoms with Gasteiger partial charge in [0.25, 0.3) is 5.91 Å². The van der Waals surface area contributed by atoms with Gasteiger partial charge in [-0.15, -0.1) is 0 Å². The van der Waals surface area contributed by atoms with Crippen LogP contribution in [0.25, 0.3) is 28.7 Å². The molecule has 1 saturated heterocycles. The summed E-state index contributed by atoms with van der Waals surface area (Å²) >= 11 is 0. The number of nitrogens with zero attached hydrogens (tertiary/aromatic N) is 3. The molecule has 0 spiro atoms. The second-order valence-corrected chi connectivity index (χ2v) is 9.23. The average Bonchev–Trinajstić information content (AvgIpc) is 3.38. The largest absolute Gasteiger partial charge is 0.439 e. The van der Waals surface area contributed by atoms with E-state index in [1.807, 2.05) is 6.92 Å². The highest BCUT2D eigenvalue weighted by Gasteiger charge is 2.31. The summed E-state index contributed by atoms with van der Waals surface area (Å²) in [6.45, 7) is 2.08. The molecule has 10 heteroatoms. The number of pyridine rings is 1. The van der Waals surface area contributed by atoms with E-state index in [4.69, 9.17) is 10.2 Å². The Morgan fingerprint density at radius 1 is 1.10 bits per heavy atom. The lowest BCUT2D eigenvalue weighted by molar-refractivity contribution is -0.116. The highest BCUT2D eigenvalue weighted by Crippen LogP contribution is 2.30. The minimum absolute atomic E-state index is 0.0389. The van der Waals surface area contributed by atoms with E-state index < -0.39 is 12.0 Å². The van der Waals surface area contributed by atoms with Crippen molar-refractivity contribution in [2.75, 3.05) is 18.8 Å². The van der Waals surface area contributed by atoms with Crippen LogP contribution in [0.3, 0.4) is 0 Å². The van der Waals surface area contributed by atoms with Crippen molar-refractivity contribution in [3.05, 3.63) is 95.3 Å². The van der Waals surface area contributed by atoms with Gasteiger partial charge in [-0.2, -0.15) is 0 Å². The Morgan fingerprint density at radius 2 is 1.90 bits per heavy atom. The van der Waals surface area contributed by atoms with Gasteiger partial charge in [0.2, 0.25) is 11.8 Å². The molecule has 0 aliphatic carbocycles. The first-order valence-electron chi connectivity index (χ1n) is 12.2. The number of carbonyl (C=O) groups excluding carboxylic acids is 2. The van der Waals surface area contributed by atoms with E-state index in [-0.39, 0.29) is 37.0 Å². The first-order chi connectivity index (χ1) is 18.8. The zero-order valence-electron chi connectivity index (χ0n) is 21.0. The van der Waals surface area contributed by atoms with E-state index in [0.717, 1.165) is 16.7 Å². The molecule has 0 radical (unpaired) electrons. The zero-order valence-corrected chi connectivity index (χ0v) is 21.0. The molecule has 8 nitrogen and oxygen atoms in total. The maximum absolute atomic E-state index is 14.9. The summed E-state index contributed by atoms with van der Waals surface area (Å²) in [5.41, 5.74) is 8.98. The first kappa shape index (κ1) is 25.8. The van der Waals surface area contributed by atoms with Crippen molar-refractivity contribution >= 4 is 23.7 Å². The third-order valence-electron chi connectivity index (χ3n) is 6.33. The fraction of sp³-hybridized carbons (Fsp3) is 0.172. The first-order valence-corrected chi connectivity index (χ1v) is 12.2. The molecule has 3 N–H and O–H groups in total. The van der Waals surface area contributed by atoms with Crippen LogP contribution in [-0.4, -0.2) is 45.9 Å². The molecule has 39 heavy (non-hydrogen) atoms. The summed E-state index contributed by atoms with van der Waals surface area (Å²) in [4.78, 5) is 34.1. The van der Waals surface area contributed by atoms with E-state index in [2.05, 4.69) is 15.3 Å². The SMILES string of the molecule is Cc1cc(-c2ccc(C(=O)N3CC(F)C3)cc2F)ccc1-c1ncc(CNC(=O)/C=C/c2ccc(N)nc2)o1. The number of oxazole rings is 1. The third-order valence-corrected chi connectivity index (χ3v) is 6.33. The number of halogens is 2. The number of anilines is 1. The van der Waals surface area contributed by atoms with Crippen LogP contribution in [0.4, 0.5) is 14.6 Å². The number of benzene rings is 2. The third kappa shape index (κ3) is 5.85. The number of hydrogen-bond acceptors (Lipinski definition) is 6. The lowest BCUT2D eigenvalue weighted by atomic mass is 9.98. The van der Waals surface area contributed by atoms with Gasteiger partial charge in [0.1, 0.15) is 23.6 Å². The van der Waals surface area contributed by atoms with Gasteiger partial charge in [0, 0.05) is 29.0 Å². The van der Waals surface area contributed by atoms with E-state index in [1.54, 1.807) is 54.7 Å². The number of hydrogen-bond donors (Lipinski definition) is 2. The number of rotatable bonds is 7. The second kappa shape index (κ2) is 10.9. The van der Waals surface area contributed by atoms with Crippen LogP contribution in [-0.2, 0) is 11.3 Å². The number of nitrogens with one attached hydrogen (secondary N) is 1. The van der Waals surface area contributed by atoms with Crippen LogP contribution in [0.15, 0.2) is 71.4 Å². The molecule has 2 aromatic heterocycles. The lowest BCUT2D eigenvalue weighted by Crippen LogP contribution is -2.51. The maximum atomic E-state index is 14.9. The highest BCUT2D eigenvalue weighted by molar-refractivity contribution is 5.95. The molecule has 0 saturated carbocycles. The van der Waals surface area contributed by atoms with Crippen molar-refractivity contribution < 1.29 is 22.8 Å². The Hall–Kier alpha value is -4.86. The molecule has 4 aromatic rings. The minimum atomic E-state index is -1.01. The van der Waals surface area contributed by atoms with Crippen molar-refractivity contribution in [2.45, 2.75) is 19.6 Å². The lowest BCUT2D eigenvalue weighted by Gasteiger charge is -2.34. The summed E-state index contributed by atoms with van der Waals surface area (Å²) in [5, 5.41) is 2.73. The van der Waals surface area contributed by atoms with Crippen molar-refractivity contribution in [1.82, 2.24) is 20.2 Å². The Balaban J connectivity index is 1.23. The standard InChI is InChI=1S/C29H25F2N5O3/c1-17-10-19(24-7-5-20(11-25(24)31)29(38)36-15-21(30)16-36)4-6-23(17)28-35-14-22(39-28)13-34-27(37)9-3-18-2-8-26(32)33-12-18/h2-12,14,21H,13,15-16H2,1H3,(H2,32,33)(H,34,37)/b9-3+. The summed E-state index contributed by atoms with van der Waals surface area (Å²) in [6.07, 6.45) is 5.10. The highest BCUT2D eigenvalue weighted by atomic mass is 19.1. The number of carbonyl (C=O) groups is 2. The molecule has 0 bridgehead atoms. The van der Waals surface area contributed by atoms with Crippen molar-refractivity contribution in [3.8, 4) is 22.6 Å². The van der Waals surface area contributed by atoms with Gasteiger partial charge in [-0.25, -0.2) is 18.7 Å². The van der Waals surface area contributed by atoms with E-state index >= 15 is 0 Å². The quantitative estimate of drug-likeness (QED) is 0.340. The summed E-state index contributed by atoms with van der Waals surface area (Å²) in [6, 6.07) is 13.0. The molecule has 3 heterocycles. The van der Waals surface area contributed by atoms with Gasteiger partial charge in [0.05, 0.1) is 25.8 Å². The van der Waals surface area contributed by atoms with Crippen molar-refractivity contribution in [3.63, 3.8) is 0 Å². The Labute approximate surface area is 223 Å². The van der Waals surface area contributed by atoms with Crippen LogP contribution in [0, 0.1) is 12.7 Å². The van der Waals surface area contributed by atoms with Gasteiger partial charge in [-0.1, -0.05) is 18.2 Å². The summed E-state index contributed by atoms with van der Waals surface area (Å²) in [7, 11) is 0. The molecule has 0 atom stereocenters. The minimum Gasteiger partial charge on any atom is -0.439 e. The maximum Gasteiger partial charge on any atom is 0.254 e. The van der Waals surface area contributed by atoms with Crippen LogP contribution < -0.4 is 11.1 Å². The average molecular weight is 530 g/mol. The predicted octanol–water partition coefficient (Wildman–Crippen LogP) is 4.56. The molecule has 1 aliphatic heterocycles. The van der Waals surface area contributed by atoms with Crippen molar-refractivity contribution in [2.24, 2.45) is 0 Å². The number of likely N-dealkylation sites (tertiary alicyclic amines) is 1. The predicted molar refractivity (Wildman–Crippen MR) is 142 cm³/mol. The van der Waals surface area contributed by atoms with Gasteiger partial charge in [-0.05, 0) is 60.0 Å². The number of aromatic nitrogens is 2. The van der Waals surface area contributed by atoms with Gasteiger partial charge >= 0.3 is 0 Å². The Bertz CT molecular complexity index is 1560.